The fourth-order valence-electron chi connectivity index (χ4n) is 2.09. The molecule has 1 rings (SSSR count). The van der Waals surface area contributed by atoms with Crippen LogP contribution in [0.15, 0.2) is 12.1 Å². The van der Waals surface area contributed by atoms with Gasteiger partial charge in [0.1, 0.15) is 0 Å². The molecule has 0 unspecified atom stereocenters. The van der Waals surface area contributed by atoms with E-state index in [0.717, 1.165) is 38.2 Å². The molecule has 5 heteroatoms. The third kappa shape index (κ3) is 7.91. The Balaban J connectivity index is 2.41. The molecule has 0 bridgehead atoms. The van der Waals surface area contributed by atoms with Crippen LogP contribution in [-0.2, 0) is 11.3 Å². The average Bonchev–Trinajstić information content (AvgIpc) is 2.51. The molecule has 132 valence electrons. The van der Waals surface area contributed by atoms with E-state index < -0.39 is 0 Å². The number of benzene rings is 1. The summed E-state index contributed by atoms with van der Waals surface area (Å²) in [7, 11) is 1.64. The van der Waals surface area contributed by atoms with Crippen molar-refractivity contribution in [3.05, 3.63) is 22.7 Å². The van der Waals surface area contributed by atoms with Gasteiger partial charge in [-0.05, 0) is 44.9 Å². The molecule has 1 aromatic carbocycles. The quantitative estimate of drug-likeness (QED) is 0.570. The molecule has 0 aromatic heterocycles. The highest BCUT2D eigenvalue weighted by Gasteiger charge is 2.11. The zero-order chi connectivity index (χ0) is 17.1. The molecule has 1 aromatic rings. The highest BCUT2D eigenvalue weighted by Crippen LogP contribution is 2.34. The van der Waals surface area contributed by atoms with Crippen LogP contribution >= 0.6 is 11.6 Å². The van der Waals surface area contributed by atoms with Crippen LogP contribution in [0.5, 0.6) is 11.5 Å². The number of unbranched alkanes of at least 4 members (excludes halogenated alkanes) is 1. The first-order valence-electron chi connectivity index (χ1n) is 8.40. The molecule has 0 radical (unpaired) electrons. The maximum absolute atomic E-state index is 6.34. The van der Waals surface area contributed by atoms with Crippen LogP contribution in [0.25, 0.3) is 0 Å². The number of methoxy groups -OCH3 is 1. The average molecular weight is 344 g/mol. The lowest BCUT2D eigenvalue weighted by atomic mass is 10.2. The Morgan fingerprint density at radius 3 is 2.52 bits per heavy atom. The van der Waals surface area contributed by atoms with E-state index in [1.807, 2.05) is 26.0 Å². The van der Waals surface area contributed by atoms with E-state index in [4.69, 9.17) is 25.8 Å². The van der Waals surface area contributed by atoms with Gasteiger partial charge in [-0.2, -0.15) is 0 Å². The van der Waals surface area contributed by atoms with Crippen molar-refractivity contribution >= 4 is 11.6 Å². The van der Waals surface area contributed by atoms with Gasteiger partial charge in [-0.15, -0.1) is 0 Å². The predicted octanol–water partition coefficient (Wildman–Crippen LogP) is 4.43. The van der Waals surface area contributed by atoms with Crippen molar-refractivity contribution in [2.24, 2.45) is 0 Å². The van der Waals surface area contributed by atoms with Gasteiger partial charge in [0.15, 0.2) is 11.5 Å². The summed E-state index contributed by atoms with van der Waals surface area (Å²) in [5.74, 6) is 1.39. The molecule has 0 aliphatic heterocycles. The van der Waals surface area contributed by atoms with Crippen LogP contribution < -0.4 is 14.8 Å². The number of halogens is 1. The summed E-state index contributed by atoms with van der Waals surface area (Å²) in [4.78, 5) is 0. The first-order valence-corrected chi connectivity index (χ1v) is 8.77. The van der Waals surface area contributed by atoms with Gasteiger partial charge in [0.05, 0.1) is 13.2 Å². The van der Waals surface area contributed by atoms with E-state index in [0.29, 0.717) is 23.1 Å². The Morgan fingerprint density at radius 2 is 1.87 bits per heavy atom. The van der Waals surface area contributed by atoms with Crippen LogP contribution in [-0.4, -0.2) is 33.0 Å². The summed E-state index contributed by atoms with van der Waals surface area (Å²) in [6.45, 7) is 9.38. The van der Waals surface area contributed by atoms with Gasteiger partial charge in [-0.25, -0.2) is 0 Å². The Bertz CT molecular complexity index is 452. The van der Waals surface area contributed by atoms with Crippen molar-refractivity contribution < 1.29 is 14.2 Å². The monoisotopic (exact) mass is 343 g/mol. The number of ether oxygens (including phenoxy) is 3. The van der Waals surface area contributed by atoms with Crippen molar-refractivity contribution in [2.45, 2.75) is 52.7 Å². The lowest BCUT2D eigenvalue weighted by molar-refractivity contribution is 0.129. The van der Waals surface area contributed by atoms with Gasteiger partial charge in [0.25, 0.3) is 0 Å². The predicted molar refractivity (Wildman–Crippen MR) is 95.8 cm³/mol. The largest absolute Gasteiger partial charge is 0.493 e. The normalized spacial score (nSPS) is 11.0. The van der Waals surface area contributed by atoms with Crippen LogP contribution in [0.3, 0.4) is 0 Å². The number of nitrogens with one attached hydrogen (secondary N) is 1. The summed E-state index contributed by atoms with van der Waals surface area (Å²) in [6.07, 6.45) is 3.38. The van der Waals surface area contributed by atoms with Crippen LogP contribution in [0.2, 0.25) is 5.02 Å². The van der Waals surface area contributed by atoms with Crippen LogP contribution in [0.4, 0.5) is 0 Å². The summed E-state index contributed by atoms with van der Waals surface area (Å²) in [5.41, 5.74) is 1.01. The lowest BCUT2D eigenvalue weighted by Crippen LogP contribution is -2.17. The summed E-state index contributed by atoms with van der Waals surface area (Å²) in [6, 6.07) is 3.76. The molecular weight excluding hydrogens is 314 g/mol. The molecule has 0 saturated carbocycles. The number of rotatable bonds is 12. The molecule has 0 atom stereocenters. The first-order chi connectivity index (χ1) is 11.1. The van der Waals surface area contributed by atoms with E-state index in [-0.39, 0.29) is 6.10 Å². The van der Waals surface area contributed by atoms with Crippen molar-refractivity contribution in [1.29, 1.82) is 0 Å². The molecule has 0 spiro atoms. The standard InChI is InChI=1S/C18H30ClNO3/c1-5-6-9-22-10-7-8-20-13-15-11-17(21-4)18(12-16(15)19)23-14(2)3/h11-12,14,20H,5-10,13H2,1-4H3. The summed E-state index contributed by atoms with van der Waals surface area (Å²) in [5, 5.41) is 4.07. The van der Waals surface area contributed by atoms with Crippen molar-refractivity contribution in [2.75, 3.05) is 26.9 Å². The van der Waals surface area contributed by atoms with E-state index >= 15 is 0 Å². The maximum Gasteiger partial charge on any atom is 0.163 e. The Kier molecular flexibility index (Phi) is 10.1. The van der Waals surface area contributed by atoms with E-state index in [1.165, 1.54) is 6.42 Å². The Hall–Kier alpha value is -0.970. The minimum atomic E-state index is 0.0802. The zero-order valence-electron chi connectivity index (χ0n) is 14.8. The van der Waals surface area contributed by atoms with Gasteiger partial charge in [-0.3, -0.25) is 0 Å². The summed E-state index contributed by atoms with van der Waals surface area (Å²) < 4.78 is 16.6. The SMILES string of the molecule is CCCCOCCCNCc1cc(OC)c(OC(C)C)cc1Cl. The number of hydrogen-bond acceptors (Lipinski definition) is 4. The van der Waals surface area contributed by atoms with E-state index in [9.17, 15) is 0 Å². The van der Waals surface area contributed by atoms with Crippen molar-refractivity contribution in [3.63, 3.8) is 0 Å². The Morgan fingerprint density at radius 1 is 1.13 bits per heavy atom. The molecule has 1 N–H and O–H groups in total. The lowest BCUT2D eigenvalue weighted by Gasteiger charge is -2.16. The van der Waals surface area contributed by atoms with Gasteiger partial charge >= 0.3 is 0 Å². The second kappa shape index (κ2) is 11.5. The third-order valence-electron chi connectivity index (χ3n) is 3.30. The molecular formula is C18H30ClNO3. The molecule has 0 heterocycles. The van der Waals surface area contributed by atoms with E-state index in [1.54, 1.807) is 7.11 Å². The smallest absolute Gasteiger partial charge is 0.163 e. The molecule has 0 aliphatic rings. The molecule has 23 heavy (non-hydrogen) atoms. The van der Waals surface area contributed by atoms with Gasteiger partial charge in [0, 0.05) is 30.8 Å². The molecule has 0 amide bonds. The van der Waals surface area contributed by atoms with Crippen molar-refractivity contribution in [3.8, 4) is 11.5 Å². The Labute approximate surface area is 145 Å². The molecule has 0 fully saturated rings. The molecule has 0 aliphatic carbocycles. The highest BCUT2D eigenvalue weighted by molar-refractivity contribution is 6.31. The van der Waals surface area contributed by atoms with Gasteiger partial charge < -0.3 is 19.5 Å². The minimum absolute atomic E-state index is 0.0802. The first kappa shape index (κ1) is 20.1. The van der Waals surface area contributed by atoms with Crippen LogP contribution in [0.1, 0.15) is 45.6 Å². The molecule has 4 nitrogen and oxygen atoms in total. The topological polar surface area (TPSA) is 39.7 Å². The zero-order valence-corrected chi connectivity index (χ0v) is 15.5. The fourth-order valence-corrected chi connectivity index (χ4v) is 2.31. The van der Waals surface area contributed by atoms with E-state index in [2.05, 4.69) is 12.2 Å². The molecule has 0 saturated heterocycles. The second-order valence-corrected chi connectivity index (χ2v) is 6.16. The van der Waals surface area contributed by atoms with Gasteiger partial charge in [0.2, 0.25) is 0 Å². The van der Waals surface area contributed by atoms with Crippen LogP contribution in [0, 0.1) is 0 Å². The minimum Gasteiger partial charge on any atom is -0.493 e. The fraction of sp³-hybridized carbons (Fsp3) is 0.667. The van der Waals surface area contributed by atoms with Gasteiger partial charge in [-0.1, -0.05) is 24.9 Å². The summed E-state index contributed by atoms with van der Waals surface area (Å²) >= 11 is 6.34. The number of hydrogen-bond donors (Lipinski definition) is 1. The third-order valence-corrected chi connectivity index (χ3v) is 3.65. The second-order valence-electron chi connectivity index (χ2n) is 5.76. The van der Waals surface area contributed by atoms with Crippen molar-refractivity contribution in [1.82, 2.24) is 5.32 Å². The highest BCUT2D eigenvalue weighted by atomic mass is 35.5. The maximum atomic E-state index is 6.34.